The molecule has 0 bridgehead atoms. The van der Waals surface area contributed by atoms with E-state index in [0.29, 0.717) is 35.8 Å². The number of nitrogens with zero attached hydrogens (tertiary/aromatic N) is 10. The highest BCUT2D eigenvalue weighted by molar-refractivity contribution is 6.29. The normalized spacial score (nSPS) is 12.5. The van der Waals surface area contributed by atoms with E-state index in [2.05, 4.69) is 54.5 Å². The lowest BCUT2D eigenvalue weighted by atomic mass is 10.1. The summed E-state index contributed by atoms with van der Waals surface area (Å²) in [5.74, 6) is 1.75. The van der Waals surface area contributed by atoms with Crippen LogP contribution in [0.4, 0.5) is 11.6 Å². The van der Waals surface area contributed by atoms with Crippen molar-refractivity contribution >= 4 is 45.3 Å². The van der Waals surface area contributed by atoms with Crippen LogP contribution in [0.2, 0.25) is 5.15 Å². The molecule has 0 saturated heterocycles. The van der Waals surface area contributed by atoms with Crippen LogP contribution in [0.25, 0.3) is 44.3 Å². The molecule has 262 valence electrons. The Morgan fingerprint density at radius 3 is 1.78 bits per heavy atom. The maximum absolute atomic E-state index is 5.93. The first-order valence-corrected chi connectivity index (χ1v) is 16.9. The molecule has 0 aromatic carbocycles. The monoisotopic (exact) mass is 705 g/mol. The molecule has 0 aliphatic rings. The van der Waals surface area contributed by atoms with E-state index in [4.69, 9.17) is 26.1 Å². The molecule has 0 saturated carbocycles. The zero-order chi connectivity index (χ0) is 35.9. The van der Waals surface area contributed by atoms with E-state index in [1.165, 1.54) is 0 Å². The molecule has 0 spiro atoms. The third kappa shape index (κ3) is 9.06. The summed E-state index contributed by atoms with van der Waals surface area (Å²) in [5.41, 5.74) is 8.25. The molecular weight excluding hydrogens is 666 g/mol. The van der Waals surface area contributed by atoms with Crippen molar-refractivity contribution in [2.24, 2.45) is 0 Å². The van der Waals surface area contributed by atoms with Crippen LogP contribution >= 0.6 is 11.6 Å². The highest BCUT2D eigenvalue weighted by atomic mass is 35.5. The maximum Gasteiger partial charge on any atom is 0.154 e. The van der Waals surface area contributed by atoms with Gasteiger partial charge in [0.15, 0.2) is 5.82 Å². The number of hydrogen-bond donors (Lipinski definition) is 1. The van der Waals surface area contributed by atoms with Gasteiger partial charge in [-0.05, 0) is 67.8 Å². The number of rotatable bonds is 11. The average Bonchev–Trinajstić information content (AvgIpc) is 3.81. The molecule has 2 atom stereocenters. The number of ether oxygens (including phenoxy) is 2. The van der Waals surface area contributed by atoms with Crippen molar-refractivity contribution in [3.63, 3.8) is 0 Å². The number of anilines is 2. The number of nitrogens with one attached hydrogen (secondary N) is 1. The first-order valence-electron chi connectivity index (χ1n) is 16.6. The predicted molar refractivity (Wildman–Crippen MR) is 199 cm³/mol. The van der Waals surface area contributed by atoms with Gasteiger partial charge in [-0.2, -0.15) is 15.3 Å². The first-order chi connectivity index (χ1) is 24.7. The molecular formula is C37H40ClN11O2. The molecule has 0 radical (unpaired) electrons. The third-order valence-corrected chi connectivity index (χ3v) is 8.48. The van der Waals surface area contributed by atoms with Gasteiger partial charge in [-0.15, -0.1) is 5.10 Å². The Kier molecular flexibility index (Phi) is 11.2. The smallest absolute Gasteiger partial charge is 0.154 e. The van der Waals surface area contributed by atoms with E-state index in [1.54, 1.807) is 26.5 Å². The van der Waals surface area contributed by atoms with Crippen LogP contribution in [0, 0.1) is 0 Å². The summed E-state index contributed by atoms with van der Waals surface area (Å²) in [6.45, 7) is 9.67. The number of fused-ring (bicyclic) bond motifs is 2. The van der Waals surface area contributed by atoms with Gasteiger partial charge in [-0.3, -0.25) is 19.3 Å². The van der Waals surface area contributed by atoms with E-state index in [1.807, 2.05) is 96.8 Å². The van der Waals surface area contributed by atoms with Crippen LogP contribution < -0.4 is 5.32 Å². The van der Waals surface area contributed by atoms with Crippen LogP contribution in [0.5, 0.6) is 0 Å². The molecule has 1 N–H and O–H groups in total. The Balaban J connectivity index is 0.000000187. The van der Waals surface area contributed by atoms with Crippen LogP contribution in [0.15, 0.2) is 85.8 Å². The number of aromatic nitrogens is 10. The highest BCUT2D eigenvalue weighted by Gasteiger charge is 2.10. The van der Waals surface area contributed by atoms with Crippen molar-refractivity contribution in [3.05, 3.63) is 96.6 Å². The molecule has 7 rings (SSSR count). The second-order valence-electron chi connectivity index (χ2n) is 12.5. The summed E-state index contributed by atoms with van der Waals surface area (Å²) in [5, 5.41) is 20.7. The van der Waals surface area contributed by atoms with Gasteiger partial charge in [0.05, 0.1) is 66.0 Å². The van der Waals surface area contributed by atoms with E-state index < -0.39 is 0 Å². The molecule has 7 heterocycles. The van der Waals surface area contributed by atoms with Gasteiger partial charge >= 0.3 is 0 Å². The zero-order valence-electron chi connectivity index (χ0n) is 29.4. The van der Waals surface area contributed by atoms with Gasteiger partial charge < -0.3 is 14.8 Å². The van der Waals surface area contributed by atoms with Gasteiger partial charge in [0.25, 0.3) is 0 Å². The summed E-state index contributed by atoms with van der Waals surface area (Å²) >= 11 is 5.93. The highest BCUT2D eigenvalue weighted by Crippen LogP contribution is 2.25. The van der Waals surface area contributed by atoms with Crippen molar-refractivity contribution in [2.45, 2.75) is 58.9 Å². The Labute approximate surface area is 301 Å². The maximum atomic E-state index is 5.93. The summed E-state index contributed by atoms with van der Waals surface area (Å²) < 4.78 is 14.3. The lowest BCUT2D eigenvalue weighted by Crippen LogP contribution is -2.14. The van der Waals surface area contributed by atoms with Crippen molar-refractivity contribution in [1.29, 1.82) is 0 Å². The molecule has 0 aliphatic carbocycles. The zero-order valence-corrected chi connectivity index (χ0v) is 30.2. The first kappa shape index (κ1) is 35.5. The van der Waals surface area contributed by atoms with Gasteiger partial charge in [-0.1, -0.05) is 25.4 Å². The van der Waals surface area contributed by atoms with Crippen LogP contribution in [0.1, 0.15) is 39.2 Å². The van der Waals surface area contributed by atoms with Gasteiger partial charge in [0.1, 0.15) is 11.0 Å². The van der Waals surface area contributed by atoms with Gasteiger partial charge in [0, 0.05) is 61.3 Å². The average molecular weight is 706 g/mol. The fourth-order valence-corrected chi connectivity index (χ4v) is 5.32. The number of hydrogen-bond acceptors (Lipinski definition) is 11. The molecule has 7 aromatic rings. The van der Waals surface area contributed by atoms with Crippen molar-refractivity contribution in [3.8, 4) is 22.3 Å². The predicted octanol–water partition coefficient (Wildman–Crippen LogP) is 7.37. The van der Waals surface area contributed by atoms with Crippen molar-refractivity contribution < 1.29 is 9.47 Å². The Morgan fingerprint density at radius 1 is 0.647 bits per heavy atom. The summed E-state index contributed by atoms with van der Waals surface area (Å²) in [7, 11) is 3.39. The third-order valence-electron chi connectivity index (χ3n) is 8.27. The topological polar surface area (TPSA) is 143 Å². The van der Waals surface area contributed by atoms with E-state index in [-0.39, 0.29) is 12.2 Å². The van der Waals surface area contributed by atoms with Crippen LogP contribution in [-0.2, 0) is 22.6 Å². The lowest BCUT2D eigenvalue weighted by Gasteiger charge is -2.09. The largest absolute Gasteiger partial charge is 0.380 e. The molecule has 2 unspecified atom stereocenters. The lowest BCUT2D eigenvalue weighted by molar-refractivity contribution is 0.0997. The van der Waals surface area contributed by atoms with E-state index in [0.717, 1.165) is 49.9 Å². The summed E-state index contributed by atoms with van der Waals surface area (Å²) in [4.78, 5) is 17.9. The Bertz CT molecular complexity index is 2240. The molecule has 0 aliphatic heterocycles. The van der Waals surface area contributed by atoms with Gasteiger partial charge in [0.2, 0.25) is 0 Å². The minimum Gasteiger partial charge on any atom is -0.380 e. The number of pyridine rings is 4. The molecule has 13 nitrogen and oxygen atoms in total. The second-order valence-corrected chi connectivity index (χ2v) is 12.9. The summed E-state index contributed by atoms with van der Waals surface area (Å²) in [6, 6.07) is 13.4. The standard InChI is InChI=1S/C22H25N7O.C15H15ClN4O/c1-14(2)16-8-22(28-24-10-16)27-21-6-5-19-20(26-21)7-17(9-23-19)18-11-25-29(13-18)12-15(3)30-4;1-10(21-2)8-20-9-12(7-18-20)11-5-14-13(17-6-11)3-4-15(16)19-14/h5-11,13-15H,12H2,1-4H3,(H,26,27,28);3-7,9-10H,8H2,1-2H3. The number of methoxy groups -OCH3 is 2. The Hall–Kier alpha value is -5.37. The second kappa shape index (κ2) is 16.1. The van der Waals surface area contributed by atoms with Crippen LogP contribution in [0.3, 0.4) is 0 Å². The van der Waals surface area contributed by atoms with Crippen molar-refractivity contribution in [1.82, 2.24) is 49.7 Å². The van der Waals surface area contributed by atoms with Crippen LogP contribution in [-0.4, -0.2) is 76.1 Å². The quantitative estimate of drug-likeness (QED) is 0.135. The van der Waals surface area contributed by atoms with Crippen molar-refractivity contribution in [2.75, 3.05) is 19.5 Å². The fraction of sp³-hybridized carbons (Fsp3) is 0.297. The fourth-order valence-electron chi connectivity index (χ4n) is 5.16. The van der Waals surface area contributed by atoms with E-state index in [9.17, 15) is 0 Å². The number of halogens is 1. The molecule has 51 heavy (non-hydrogen) atoms. The minimum atomic E-state index is 0.0973. The SMILES string of the molecule is COC(C)Cn1cc(-c2cnc3ccc(Cl)nc3c2)cn1.COC(C)Cn1cc(-c2cnc3ccc(Nc4cc(C(C)C)cnn4)nc3c2)cn1. The molecule has 0 fully saturated rings. The molecule has 14 heteroatoms. The molecule has 0 amide bonds. The van der Waals surface area contributed by atoms with E-state index >= 15 is 0 Å². The minimum absolute atomic E-state index is 0.0973. The van der Waals surface area contributed by atoms with Gasteiger partial charge in [-0.25, -0.2) is 9.97 Å². The molecule has 7 aromatic heterocycles. The summed E-state index contributed by atoms with van der Waals surface area (Å²) in [6.07, 6.45) is 13.3. The Morgan fingerprint density at radius 2 is 1.22 bits per heavy atom.